The first-order chi connectivity index (χ1) is 25.7. The molecular weight excluding hydrogens is 666 g/mol. The third-order valence-corrected chi connectivity index (χ3v) is 12.3. The van der Waals surface area contributed by atoms with Crippen LogP contribution in [0.5, 0.6) is 11.5 Å². The minimum absolute atomic E-state index is 0.0658. The molecule has 2 aromatic heterocycles. The Labute approximate surface area is 314 Å². The van der Waals surface area contributed by atoms with Gasteiger partial charge in [0.2, 0.25) is 0 Å². The molecule has 9 heteroatoms. The van der Waals surface area contributed by atoms with Crippen molar-refractivity contribution in [2.75, 3.05) is 12.3 Å². The van der Waals surface area contributed by atoms with Crippen molar-refractivity contribution in [3.05, 3.63) is 83.8 Å². The number of nitrogens with zero attached hydrogens (tertiary/aromatic N) is 2. The number of pyridine rings is 1. The lowest BCUT2D eigenvalue weighted by Crippen LogP contribution is -2.42. The first-order valence-corrected chi connectivity index (χ1v) is 19.9. The number of allylic oxidation sites excluding steroid dienone is 2. The van der Waals surface area contributed by atoms with Crippen molar-refractivity contribution < 1.29 is 30.3 Å². The molecule has 0 spiro atoms. The van der Waals surface area contributed by atoms with E-state index in [2.05, 4.69) is 35.9 Å². The van der Waals surface area contributed by atoms with Gasteiger partial charge in [0.25, 0.3) is 0 Å². The first kappa shape index (κ1) is 38.9. The number of nitrogens with two attached hydrogens (primary N) is 1. The summed E-state index contributed by atoms with van der Waals surface area (Å²) in [6, 6.07) is 13.2. The Kier molecular flexibility index (Phi) is 13.2. The number of hydrogen-bond donors (Lipinski definition) is 6. The number of hydrogen-bond acceptors (Lipinski definition) is 8. The quantitative estimate of drug-likeness (QED) is 0.0905. The maximum absolute atomic E-state index is 11.6. The Morgan fingerprint density at radius 1 is 1.00 bits per heavy atom. The molecule has 0 aliphatic heterocycles. The lowest BCUT2D eigenvalue weighted by Gasteiger charge is -2.48. The second-order valence-electron chi connectivity index (χ2n) is 15.6. The number of fused-ring (bicyclic) bond motifs is 1. The Morgan fingerprint density at radius 2 is 1.81 bits per heavy atom. The van der Waals surface area contributed by atoms with Gasteiger partial charge in [-0.25, -0.2) is 4.98 Å². The fourth-order valence-electron chi connectivity index (χ4n) is 9.31. The smallest absolute Gasteiger partial charge is 0.161 e. The second-order valence-corrected chi connectivity index (χ2v) is 15.6. The molecular formula is C44H58N3O6-. The van der Waals surface area contributed by atoms with E-state index in [4.69, 9.17) is 15.5 Å². The van der Waals surface area contributed by atoms with Crippen LogP contribution in [0.4, 0.5) is 5.82 Å². The van der Waals surface area contributed by atoms with Crippen molar-refractivity contribution in [1.29, 1.82) is 0 Å². The van der Waals surface area contributed by atoms with E-state index in [1.807, 2.05) is 36.5 Å². The SMILES string of the molecule is CC[C@@H]1C#C[C@@H]2C=C[C@H](c3ccc(O)c(O[C@H](C[C@H](c4ccnc(N)c4)C4(c5ccc[n-]5)CCCCC4)[C@H](O)CCO)c3)C[C@@H](O)[C@H]2[C@@H](O)CCCC1. The van der Waals surface area contributed by atoms with Crippen molar-refractivity contribution in [3.8, 4) is 23.3 Å². The molecule has 3 aliphatic rings. The first-order valence-electron chi connectivity index (χ1n) is 19.9. The normalized spacial score (nSPS) is 27.6. The third-order valence-electron chi connectivity index (χ3n) is 12.3. The Bertz CT molecular complexity index is 1690. The average Bonchev–Trinajstić information content (AvgIpc) is 3.66. The number of ether oxygens (including phenoxy) is 1. The summed E-state index contributed by atoms with van der Waals surface area (Å²) in [4.78, 5) is 9.09. The van der Waals surface area contributed by atoms with Gasteiger partial charge in [-0.3, -0.25) is 0 Å². The summed E-state index contributed by atoms with van der Waals surface area (Å²) in [5, 5.41) is 55.6. The Morgan fingerprint density at radius 3 is 2.55 bits per heavy atom. The zero-order valence-electron chi connectivity index (χ0n) is 31.1. The van der Waals surface area contributed by atoms with Crippen molar-refractivity contribution in [2.24, 2.45) is 17.8 Å². The summed E-state index contributed by atoms with van der Waals surface area (Å²) in [6.45, 7) is 1.93. The lowest BCUT2D eigenvalue weighted by molar-refractivity contribution is -0.00708. The van der Waals surface area contributed by atoms with Gasteiger partial charge in [0.1, 0.15) is 11.9 Å². The topological polar surface area (TPSA) is 163 Å². The van der Waals surface area contributed by atoms with Gasteiger partial charge < -0.3 is 41.0 Å². The van der Waals surface area contributed by atoms with Crippen molar-refractivity contribution >= 4 is 5.82 Å². The number of aliphatic hydroxyl groups excluding tert-OH is 4. The van der Waals surface area contributed by atoms with Gasteiger partial charge in [-0.1, -0.05) is 81.2 Å². The van der Waals surface area contributed by atoms with E-state index in [0.29, 0.717) is 31.0 Å². The van der Waals surface area contributed by atoms with Crippen LogP contribution in [0.15, 0.2) is 67.0 Å². The van der Waals surface area contributed by atoms with Crippen LogP contribution in [0.1, 0.15) is 119 Å². The molecule has 286 valence electrons. The summed E-state index contributed by atoms with van der Waals surface area (Å²) in [6.07, 6.45) is 14.9. The number of aromatic nitrogens is 2. The van der Waals surface area contributed by atoms with E-state index in [-0.39, 0.29) is 47.7 Å². The number of anilines is 1. The number of rotatable bonds is 12. The van der Waals surface area contributed by atoms with E-state index >= 15 is 0 Å². The predicted octanol–water partition coefficient (Wildman–Crippen LogP) is 6.49. The molecule has 1 aromatic carbocycles. The van der Waals surface area contributed by atoms with Crippen molar-refractivity contribution in [2.45, 2.75) is 132 Å². The van der Waals surface area contributed by atoms with Gasteiger partial charge in [-0.2, -0.15) is 11.9 Å². The molecule has 7 N–H and O–H groups in total. The highest BCUT2D eigenvalue weighted by atomic mass is 16.5. The molecule has 9 nitrogen and oxygen atoms in total. The fourth-order valence-corrected chi connectivity index (χ4v) is 9.31. The molecule has 3 aromatic rings. The maximum atomic E-state index is 11.6. The summed E-state index contributed by atoms with van der Waals surface area (Å²) >= 11 is 0. The minimum Gasteiger partial charge on any atom is -0.667 e. The second kappa shape index (κ2) is 18.0. The molecule has 9 atom stereocenters. The number of aromatic hydroxyl groups is 1. The summed E-state index contributed by atoms with van der Waals surface area (Å²) in [5.74, 6) is 6.71. The standard InChI is InChI=1S/C44H58N3O6/c1-2-29-9-4-5-10-37(51)43-30(13-12-29)14-15-31(25-38(43)52)32-16-17-35(49)39(26-32)53-40(36(50)19-24-48)28-34(33-18-23-47-42(45)27-33)44(20-6-3-7-21-44)41-11-8-22-46-41/h8,11,14-18,22-23,26-27,29-31,34,36-38,40,43,48-52H,2-7,9-10,19-21,24-25,28H2,1H3,(H2,45,47)/q-1/t29-,30+,31-,34+,36+,37-,38+,40+,43+/m0/s1. The van der Waals surface area contributed by atoms with E-state index < -0.39 is 30.3 Å². The third kappa shape index (κ3) is 9.12. The van der Waals surface area contributed by atoms with Crippen LogP contribution in [-0.2, 0) is 5.41 Å². The van der Waals surface area contributed by atoms with E-state index in [1.54, 1.807) is 18.3 Å². The van der Waals surface area contributed by atoms with E-state index in [9.17, 15) is 25.5 Å². The van der Waals surface area contributed by atoms with Gasteiger partial charge in [-0.15, -0.1) is 0 Å². The molecule has 0 amide bonds. The highest BCUT2D eigenvalue weighted by molar-refractivity contribution is 5.45. The van der Waals surface area contributed by atoms with Crippen LogP contribution in [-0.4, -0.2) is 61.5 Å². The number of phenolic OH excluding ortho intramolecular Hbond substituents is 1. The van der Waals surface area contributed by atoms with Gasteiger partial charge >= 0.3 is 0 Å². The van der Waals surface area contributed by atoms with Crippen LogP contribution in [0.3, 0.4) is 0 Å². The Hall–Kier alpha value is -3.81. The van der Waals surface area contributed by atoms with Gasteiger partial charge in [0.05, 0.1) is 18.3 Å². The predicted molar refractivity (Wildman–Crippen MR) is 206 cm³/mol. The molecule has 6 rings (SSSR count). The van der Waals surface area contributed by atoms with E-state index in [1.165, 1.54) is 0 Å². The molecule has 53 heavy (non-hydrogen) atoms. The summed E-state index contributed by atoms with van der Waals surface area (Å²) < 4.78 is 6.65. The van der Waals surface area contributed by atoms with Crippen LogP contribution >= 0.6 is 0 Å². The zero-order valence-corrected chi connectivity index (χ0v) is 31.1. The molecule has 0 saturated heterocycles. The molecule has 0 radical (unpaired) electrons. The molecule has 0 unspecified atom stereocenters. The zero-order chi connectivity index (χ0) is 37.4. The van der Waals surface area contributed by atoms with Crippen LogP contribution in [0, 0.1) is 29.6 Å². The highest BCUT2D eigenvalue weighted by Gasteiger charge is 2.43. The highest BCUT2D eigenvalue weighted by Crippen LogP contribution is 2.51. The number of aliphatic hydroxyl groups is 4. The lowest BCUT2D eigenvalue weighted by atomic mass is 9.60. The van der Waals surface area contributed by atoms with E-state index in [0.717, 1.165) is 74.6 Å². The molecule has 1 saturated carbocycles. The maximum Gasteiger partial charge on any atom is 0.161 e. The van der Waals surface area contributed by atoms with Crippen molar-refractivity contribution in [1.82, 2.24) is 9.97 Å². The summed E-state index contributed by atoms with van der Waals surface area (Å²) in [7, 11) is 0. The molecule has 0 bridgehead atoms. The van der Waals surface area contributed by atoms with Gasteiger partial charge in [0.15, 0.2) is 11.5 Å². The molecule has 2 heterocycles. The fraction of sp³-hybridized carbons (Fsp3) is 0.568. The largest absolute Gasteiger partial charge is 0.667 e. The van der Waals surface area contributed by atoms with Gasteiger partial charge in [0, 0.05) is 42.9 Å². The molecule has 3 aliphatic carbocycles. The monoisotopic (exact) mass is 724 g/mol. The minimum atomic E-state index is -1.03. The Balaban J connectivity index is 1.33. The average molecular weight is 725 g/mol. The molecule has 1 fully saturated rings. The van der Waals surface area contributed by atoms with Crippen molar-refractivity contribution in [3.63, 3.8) is 0 Å². The van der Waals surface area contributed by atoms with Gasteiger partial charge in [-0.05, 0) is 91.7 Å². The summed E-state index contributed by atoms with van der Waals surface area (Å²) in [5.41, 5.74) is 8.74. The van der Waals surface area contributed by atoms with Crippen LogP contribution < -0.4 is 15.5 Å². The van der Waals surface area contributed by atoms with Crippen LogP contribution in [0.25, 0.3) is 0 Å². The van der Waals surface area contributed by atoms with Crippen LogP contribution in [0.2, 0.25) is 0 Å². The number of phenols is 1. The number of benzene rings is 1. The number of nitrogen functional groups attached to an aromatic ring is 1.